The maximum atomic E-state index is 11.0. The van der Waals surface area contributed by atoms with E-state index in [1.165, 1.54) is 6.07 Å². The molecule has 19 heavy (non-hydrogen) atoms. The van der Waals surface area contributed by atoms with Crippen molar-refractivity contribution in [3.63, 3.8) is 0 Å². The van der Waals surface area contributed by atoms with Crippen LogP contribution >= 0.6 is 27.7 Å². The zero-order chi connectivity index (χ0) is 13.8. The molecule has 0 saturated heterocycles. The first-order chi connectivity index (χ1) is 9.10. The summed E-state index contributed by atoms with van der Waals surface area (Å²) in [6.07, 6.45) is 1.99. The summed E-state index contributed by atoms with van der Waals surface area (Å²) in [7, 11) is 0. The Morgan fingerprint density at radius 3 is 2.74 bits per heavy atom. The summed E-state index contributed by atoms with van der Waals surface area (Å²) in [4.78, 5) is 11.7. The molecule has 0 fully saturated rings. The molecule has 98 valence electrons. The van der Waals surface area contributed by atoms with Crippen LogP contribution in [0.1, 0.15) is 0 Å². The molecule has 1 N–H and O–H groups in total. The molecule has 2 aromatic rings. The number of hydrogen-bond donors (Lipinski definition) is 1. The summed E-state index contributed by atoms with van der Waals surface area (Å²) >= 11 is 4.86. The lowest BCUT2D eigenvalue weighted by Gasteiger charge is -2.08. The first-order valence-electron chi connectivity index (χ1n) is 5.45. The predicted octanol–water partition coefficient (Wildman–Crippen LogP) is 4.82. The van der Waals surface area contributed by atoms with Crippen LogP contribution in [0, 0.1) is 10.1 Å². The monoisotopic (exact) mass is 338 g/mol. The number of nitro groups is 1. The van der Waals surface area contributed by atoms with Crippen molar-refractivity contribution in [1.82, 2.24) is 0 Å². The maximum absolute atomic E-state index is 11.0. The van der Waals surface area contributed by atoms with Crippen molar-refractivity contribution in [2.75, 3.05) is 11.6 Å². The first-order valence-corrected chi connectivity index (χ1v) is 7.47. The average molecular weight is 339 g/mol. The molecule has 0 aliphatic rings. The summed E-state index contributed by atoms with van der Waals surface area (Å²) in [6, 6.07) is 12.7. The second-order valence-corrected chi connectivity index (χ2v) is 5.57. The molecule has 0 atom stereocenters. The highest BCUT2D eigenvalue weighted by Gasteiger charge is 2.14. The van der Waals surface area contributed by atoms with Crippen LogP contribution in [0.25, 0.3) is 0 Å². The Labute approximate surface area is 123 Å². The highest BCUT2D eigenvalue weighted by molar-refractivity contribution is 9.10. The molecule has 0 aliphatic carbocycles. The van der Waals surface area contributed by atoms with E-state index in [4.69, 9.17) is 0 Å². The van der Waals surface area contributed by atoms with E-state index in [0.29, 0.717) is 10.2 Å². The standard InChI is InChI=1S/C13H11BrN2O2S/c1-19-11-4-2-3-10(8-11)15-12-6-5-9(14)7-13(12)16(17)18/h2-8,15H,1H3. The van der Waals surface area contributed by atoms with Gasteiger partial charge in [0.2, 0.25) is 0 Å². The third-order valence-corrected chi connectivity index (χ3v) is 3.72. The van der Waals surface area contributed by atoms with Gasteiger partial charge in [0.15, 0.2) is 0 Å². The molecule has 0 heterocycles. The van der Waals surface area contributed by atoms with Crippen molar-refractivity contribution in [3.05, 3.63) is 57.1 Å². The van der Waals surface area contributed by atoms with Gasteiger partial charge in [0.25, 0.3) is 5.69 Å². The number of nitrogens with one attached hydrogen (secondary N) is 1. The molecular weight excluding hydrogens is 328 g/mol. The van der Waals surface area contributed by atoms with Crippen molar-refractivity contribution in [2.24, 2.45) is 0 Å². The Hall–Kier alpha value is -1.53. The van der Waals surface area contributed by atoms with Gasteiger partial charge in [-0.05, 0) is 36.6 Å². The Morgan fingerprint density at radius 1 is 1.26 bits per heavy atom. The van der Waals surface area contributed by atoms with Crippen LogP contribution in [0.15, 0.2) is 51.8 Å². The number of anilines is 2. The minimum Gasteiger partial charge on any atom is -0.350 e. The van der Waals surface area contributed by atoms with E-state index in [9.17, 15) is 10.1 Å². The summed E-state index contributed by atoms with van der Waals surface area (Å²) < 4.78 is 0.683. The van der Waals surface area contributed by atoms with Crippen LogP contribution in [0.2, 0.25) is 0 Å². The van der Waals surface area contributed by atoms with Crippen molar-refractivity contribution in [2.45, 2.75) is 4.90 Å². The molecule has 0 bridgehead atoms. The molecular formula is C13H11BrN2O2S. The quantitative estimate of drug-likeness (QED) is 0.493. The average Bonchev–Trinajstić information content (AvgIpc) is 2.41. The van der Waals surface area contributed by atoms with Gasteiger partial charge in [-0.15, -0.1) is 11.8 Å². The van der Waals surface area contributed by atoms with Gasteiger partial charge < -0.3 is 5.32 Å². The number of benzene rings is 2. The van der Waals surface area contributed by atoms with Crippen molar-refractivity contribution in [1.29, 1.82) is 0 Å². The van der Waals surface area contributed by atoms with Crippen molar-refractivity contribution < 1.29 is 4.92 Å². The van der Waals surface area contributed by atoms with Crippen molar-refractivity contribution in [3.8, 4) is 0 Å². The highest BCUT2D eigenvalue weighted by atomic mass is 79.9. The molecule has 2 aromatic carbocycles. The third-order valence-electron chi connectivity index (χ3n) is 2.51. The molecule has 0 amide bonds. The lowest BCUT2D eigenvalue weighted by atomic mass is 10.2. The lowest BCUT2D eigenvalue weighted by Crippen LogP contribution is -1.97. The molecule has 6 heteroatoms. The van der Waals surface area contributed by atoms with E-state index in [1.54, 1.807) is 23.9 Å². The van der Waals surface area contributed by atoms with Crippen LogP contribution in [-0.4, -0.2) is 11.2 Å². The van der Waals surface area contributed by atoms with Gasteiger partial charge >= 0.3 is 0 Å². The number of hydrogen-bond acceptors (Lipinski definition) is 4. The second-order valence-electron chi connectivity index (χ2n) is 3.78. The SMILES string of the molecule is CSc1cccc(Nc2ccc(Br)cc2[N+](=O)[O-])c1. The van der Waals surface area contributed by atoms with Gasteiger partial charge in [0.05, 0.1) is 4.92 Å². The zero-order valence-electron chi connectivity index (χ0n) is 10.1. The Kier molecular flexibility index (Phi) is 4.44. The van der Waals surface area contributed by atoms with E-state index in [0.717, 1.165) is 10.6 Å². The molecule has 4 nitrogen and oxygen atoms in total. The van der Waals surface area contributed by atoms with Gasteiger partial charge in [-0.2, -0.15) is 0 Å². The van der Waals surface area contributed by atoms with E-state index in [1.807, 2.05) is 30.5 Å². The minimum absolute atomic E-state index is 0.0453. The van der Waals surface area contributed by atoms with E-state index in [-0.39, 0.29) is 5.69 Å². The lowest BCUT2D eigenvalue weighted by molar-refractivity contribution is -0.384. The second kappa shape index (κ2) is 6.08. The molecule has 0 aliphatic heterocycles. The van der Waals surface area contributed by atoms with Gasteiger partial charge in [0, 0.05) is 21.1 Å². The number of nitrogens with zero attached hydrogens (tertiary/aromatic N) is 1. The largest absolute Gasteiger partial charge is 0.350 e. The molecule has 0 unspecified atom stereocenters. The fourth-order valence-corrected chi connectivity index (χ4v) is 2.43. The van der Waals surface area contributed by atoms with Gasteiger partial charge in [-0.1, -0.05) is 22.0 Å². The maximum Gasteiger partial charge on any atom is 0.293 e. The summed E-state index contributed by atoms with van der Waals surface area (Å²) in [5.41, 5.74) is 1.35. The Balaban J connectivity index is 2.34. The highest BCUT2D eigenvalue weighted by Crippen LogP contribution is 2.31. The molecule has 0 spiro atoms. The molecule has 2 rings (SSSR count). The molecule has 0 saturated carbocycles. The Morgan fingerprint density at radius 2 is 2.05 bits per heavy atom. The van der Waals surface area contributed by atoms with E-state index < -0.39 is 4.92 Å². The number of rotatable bonds is 4. The first kappa shape index (κ1) is 13.9. The van der Waals surface area contributed by atoms with Crippen LogP contribution in [0.5, 0.6) is 0 Å². The summed E-state index contributed by atoms with van der Waals surface area (Å²) in [5, 5.41) is 14.1. The predicted molar refractivity (Wildman–Crippen MR) is 82.3 cm³/mol. The van der Waals surface area contributed by atoms with Crippen LogP contribution in [-0.2, 0) is 0 Å². The normalized spacial score (nSPS) is 10.2. The van der Waals surface area contributed by atoms with Crippen LogP contribution in [0.4, 0.5) is 17.1 Å². The summed E-state index contributed by atoms with van der Waals surface area (Å²) in [5.74, 6) is 0. The van der Waals surface area contributed by atoms with E-state index >= 15 is 0 Å². The smallest absolute Gasteiger partial charge is 0.293 e. The molecule has 0 aromatic heterocycles. The topological polar surface area (TPSA) is 55.2 Å². The zero-order valence-corrected chi connectivity index (χ0v) is 12.5. The van der Waals surface area contributed by atoms with Crippen LogP contribution in [0.3, 0.4) is 0 Å². The van der Waals surface area contributed by atoms with Crippen molar-refractivity contribution >= 4 is 44.8 Å². The Bertz CT molecular complexity index is 619. The fourth-order valence-electron chi connectivity index (χ4n) is 1.62. The number of thioether (sulfide) groups is 1. The molecule has 0 radical (unpaired) electrons. The van der Waals surface area contributed by atoms with Gasteiger partial charge in [-0.3, -0.25) is 10.1 Å². The third kappa shape index (κ3) is 3.48. The summed E-state index contributed by atoms with van der Waals surface area (Å²) in [6.45, 7) is 0. The van der Waals surface area contributed by atoms with Gasteiger partial charge in [0.1, 0.15) is 5.69 Å². The fraction of sp³-hybridized carbons (Fsp3) is 0.0769. The van der Waals surface area contributed by atoms with Crippen LogP contribution < -0.4 is 5.32 Å². The number of nitro benzene ring substituents is 1. The van der Waals surface area contributed by atoms with E-state index in [2.05, 4.69) is 21.2 Å². The van der Waals surface area contributed by atoms with Gasteiger partial charge in [-0.25, -0.2) is 0 Å². The minimum atomic E-state index is -0.397. The number of halogens is 1.